The second-order valence-corrected chi connectivity index (χ2v) is 6.41. The van der Waals surface area contributed by atoms with E-state index in [1.807, 2.05) is 0 Å². The predicted molar refractivity (Wildman–Crippen MR) is 87.3 cm³/mol. The molecule has 132 valence electrons. The number of carbonyl (C=O) groups is 2. The number of aliphatic carboxylic acids is 1. The molecule has 1 aromatic carbocycles. The van der Waals surface area contributed by atoms with Crippen LogP contribution in [0.2, 0.25) is 5.02 Å². The summed E-state index contributed by atoms with van der Waals surface area (Å²) in [5.41, 5.74) is 1.09. The summed E-state index contributed by atoms with van der Waals surface area (Å²) in [5, 5.41) is 17.0. The van der Waals surface area contributed by atoms with Crippen LogP contribution in [0.25, 0.3) is 5.69 Å². The molecule has 0 aliphatic carbocycles. The summed E-state index contributed by atoms with van der Waals surface area (Å²) in [6, 6.07) is 3.66. The molecule has 1 fully saturated rings. The van der Waals surface area contributed by atoms with Crippen molar-refractivity contribution in [2.24, 2.45) is 5.92 Å². The second kappa shape index (κ2) is 6.44. The zero-order chi connectivity index (χ0) is 18.3. The number of amides is 1. The topological polar surface area (TPSA) is 88.3 Å². The average molecular weight is 367 g/mol. The molecule has 1 N–H and O–H groups in total. The van der Waals surface area contributed by atoms with E-state index in [1.165, 1.54) is 27.8 Å². The number of aromatic nitrogens is 3. The Hall–Kier alpha value is -2.48. The third kappa shape index (κ3) is 2.97. The third-order valence-corrected chi connectivity index (χ3v) is 4.87. The van der Waals surface area contributed by atoms with Gasteiger partial charge in [0.15, 0.2) is 5.69 Å². The number of benzene rings is 1. The van der Waals surface area contributed by atoms with E-state index in [-0.39, 0.29) is 16.6 Å². The Labute approximate surface area is 148 Å². The SMILES string of the molecule is Cc1c(C(=O)N2CCC(C(=O)O)C2C)nnn1-c1ccc(F)c(Cl)c1. The molecular formula is C16H16ClFN4O3. The molecule has 2 heterocycles. The minimum Gasteiger partial charge on any atom is -0.481 e. The van der Waals surface area contributed by atoms with Crippen molar-refractivity contribution in [2.75, 3.05) is 6.54 Å². The van der Waals surface area contributed by atoms with E-state index in [4.69, 9.17) is 11.6 Å². The van der Waals surface area contributed by atoms with Crippen LogP contribution < -0.4 is 0 Å². The van der Waals surface area contributed by atoms with Crippen molar-refractivity contribution in [3.05, 3.63) is 40.4 Å². The summed E-state index contributed by atoms with van der Waals surface area (Å²) in [6.07, 6.45) is 0.406. The van der Waals surface area contributed by atoms with Crippen molar-refractivity contribution in [1.82, 2.24) is 19.9 Å². The number of carboxylic acids is 1. The van der Waals surface area contributed by atoms with Crippen molar-refractivity contribution < 1.29 is 19.1 Å². The molecule has 0 spiro atoms. The van der Waals surface area contributed by atoms with Crippen LogP contribution in [0.1, 0.15) is 29.5 Å². The summed E-state index contributed by atoms with van der Waals surface area (Å²) in [6.45, 7) is 3.73. The molecule has 1 aromatic heterocycles. The van der Waals surface area contributed by atoms with Gasteiger partial charge in [-0.1, -0.05) is 16.8 Å². The summed E-state index contributed by atoms with van der Waals surface area (Å²) in [4.78, 5) is 25.5. The molecule has 1 aliphatic heterocycles. The first-order valence-corrected chi connectivity index (χ1v) is 8.10. The molecule has 1 saturated heterocycles. The molecule has 3 rings (SSSR count). The normalized spacial score (nSPS) is 20.1. The lowest BCUT2D eigenvalue weighted by atomic mass is 10.0. The fraction of sp³-hybridized carbons (Fsp3) is 0.375. The molecule has 9 heteroatoms. The number of nitrogens with zero attached hydrogens (tertiary/aromatic N) is 4. The molecule has 2 aromatic rings. The molecular weight excluding hydrogens is 351 g/mol. The first kappa shape index (κ1) is 17.3. The van der Waals surface area contributed by atoms with Gasteiger partial charge in [0, 0.05) is 12.6 Å². The van der Waals surface area contributed by atoms with E-state index in [0.717, 1.165) is 0 Å². The fourth-order valence-electron chi connectivity index (χ4n) is 3.08. The van der Waals surface area contributed by atoms with Gasteiger partial charge in [-0.3, -0.25) is 9.59 Å². The number of hydrogen-bond donors (Lipinski definition) is 1. The monoisotopic (exact) mass is 366 g/mol. The first-order valence-electron chi connectivity index (χ1n) is 7.72. The van der Waals surface area contributed by atoms with Gasteiger partial charge in [0.25, 0.3) is 5.91 Å². The summed E-state index contributed by atoms with van der Waals surface area (Å²) >= 11 is 5.79. The molecule has 7 nitrogen and oxygen atoms in total. The lowest BCUT2D eigenvalue weighted by Crippen LogP contribution is -2.38. The first-order chi connectivity index (χ1) is 11.8. The van der Waals surface area contributed by atoms with Crippen LogP contribution in [0.3, 0.4) is 0 Å². The van der Waals surface area contributed by atoms with E-state index in [2.05, 4.69) is 10.3 Å². The standard InChI is InChI=1S/C16H16ClFN4O3/c1-8-11(16(24)25)5-6-21(8)15(23)14-9(2)22(20-19-14)10-3-4-13(18)12(17)7-10/h3-4,7-8,11H,5-6H2,1-2H3,(H,24,25). The van der Waals surface area contributed by atoms with E-state index >= 15 is 0 Å². The van der Waals surface area contributed by atoms with Crippen LogP contribution in [0.5, 0.6) is 0 Å². The predicted octanol–water partition coefficient (Wildman–Crippen LogP) is 2.30. The van der Waals surface area contributed by atoms with Gasteiger partial charge in [-0.25, -0.2) is 9.07 Å². The van der Waals surface area contributed by atoms with Gasteiger partial charge in [0.1, 0.15) is 5.82 Å². The molecule has 1 amide bonds. The molecule has 2 unspecified atom stereocenters. The van der Waals surface area contributed by atoms with Gasteiger partial charge in [-0.15, -0.1) is 5.10 Å². The Morgan fingerprint density at radius 3 is 2.72 bits per heavy atom. The number of carboxylic acid groups (broad SMARTS) is 1. The van der Waals surface area contributed by atoms with Crippen molar-refractivity contribution in [3.8, 4) is 5.69 Å². The summed E-state index contributed by atoms with van der Waals surface area (Å²) in [5.74, 6) is -2.42. The van der Waals surface area contributed by atoms with Gasteiger partial charge in [0.2, 0.25) is 0 Å². The molecule has 25 heavy (non-hydrogen) atoms. The molecule has 1 aliphatic rings. The zero-order valence-electron chi connectivity index (χ0n) is 13.6. The highest BCUT2D eigenvalue weighted by molar-refractivity contribution is 6.30. The average Bonchev–Trinajstić information content (AvgIpc) is 3.13. The van der Waals surface area contributed by atoms with Gasteiger partial charge in [0.05, 0.1) is 22.3 Å². The van der Waals surface area contributed by atoms with E-state index in [1.54, 1.807) is 13.8 Å². The Balaban J connectivity index is 1.89. The van der Waals surface area contributed by atoms with Crippen molar-refractivity contribution in [1.29, 1.82) is 0 Å². The maximum atomic E-state index is 13.3. The van der Waals surface area contributed by atoms with Gasteiger partial charge >= 0.3 is 5.97 Å². The van der Waals surface area contributed by atoms with Crippen LogP contribution >= 0.6 is 11.6 Å². The largest absolute Gasteiger partial charge is 0.481 e. The Kier molecular flexibility index (Phi) is 4.47. The number of rotatable bonds is 3. The maximum absolute atomic E-state index is 13.3. The minimum atomic E-state index is -0.913. The second-order valence-electron chi connectivity index (χ2n) is 6.01. The van der Waals surface area contributed by atoms with Crippen LogP contribution in [0, 0.1) is 18.7 Å². The van der Waals surface area contributed by atoms with Crippen LogP contribution in [-0.4, -0.2) is 49.5 Å². The van der Waals surface area contributed by atoms with E-state index < -0.39 is 23.7 Å². The lowest BCUT2D eigenvalue weighted by molar-refractivity contribution is -0.142. The van der Waals surface area contributed by atoms with Gasteiger partial charge in [-0.05, 0) is 38.5 Å². The molecule has 0 radical (unpaired) electrons. The number of halogens is 2. The van der Waals surface area contributed by atoms with Gasteiger partial charge < -0.3 is 10.0 Å². The molecule has 2 atom stereocenters. The van der Waals surface area contributed by atoms with Crippen molar-refractivity contribution in [3.63, 3.8) is 0 Å². The van der Waals surface area contributed by atoms with Crippen molar-refractivity contribution >= 4 is 23.5 Å². The lowest BCUT2D eigenvalue weighted by Gasteiger charge is -2.22. The third-order valence-electron chi connectivity index (χ3n) is 4.58. The zero-order valence-corrected chi connectivity index (χ0v) is 14.4. The van der Waals surface area contributed by atoms with Crippen LogP contribution in [0.4, 0.5) is 4.39 Å². The number of hydrogen-bond acceptors (Lipinski definition) is 4. The van der Waals surface area contributed by atoms with E-state index in [9.17, 15) is 19.1 Å². The minimum absolute atomic E-state index is 0.0576. The number of likely N-dealkylation sites (tertiary alicyclic amines) is 1. The number of carbonyl (C=O) groups excluding carboxylic acids is 1. The smallest absolute Gasteiger partial charge is 0.308 e. The Morgan fingerprint density at radius 2 is 2.12 bits per heavy atom. The quantitative estimate of drug-likeness (QED) is 0.900. The summed E-state index contributed by atoms with van der Waals surface area (Å²) < 4.78 is 14.7. The summed E-state index contributed by atoms with van der Waals surface area (Å²) in [7, 11) is 0. The molecule has 0 bridgehead atoms. The Bertz CT molecular complexity index is 854. The molecule has 0 saturated carbocycles. The van der Waals surface area contributed by atoms with Gasteiger partial charge in [-0.2, -0.15) is 0 Å². The Morgan fingerprint density at radius 1 is 1.40 bits per heavy atom. The van der Waals surface area contributed by atoms with Crippen molar-refractivity contribution in [2.45, 2.75) is 26.3 Å². The maximum Gasteiger partial charge on any atom is 0.308 e. The highest BCUT2D eigenvalue weighted by Gasteiger charge is 2.39. The van der Waals surface area contributed by atoms with Crippen LogP contribution in [0.15, 0.2) is 18.2 Å². The highest BCUT2D eigenvalue weighted by Crippen LogP contribution is 2.27. The highest BCUT2D eigenvalue weighted by atomic mass is 35.5. The van der Waals surface area contributed by atoms with Crippen LogP contribution in [-0.2, 0) is 4.79 Å². The van der Waals surface area contributed by atoms with E-state index in [0.29, 0.717) is 24.3 Å². The fourth-order valence-corrected chi connectivity index (χ4v) is 3.26.